The second-order valence-electron chi connectivity index (χ2n) is 2.57. The molecule has 1 amide bonds. The summed E-state index contributed by atoms with van der Waals surface area (Å²) in [6, 6.07) is 3.40. The first-order valence-electron chi connectivity index (χ1n) is 3.59. The van der Waals surface area contributed by atoms with Crippen LogP contribution in [-0.2, 0) is 4.79 Å². The highest BCUT2D eigenvalue weighted by Gasteiger charge is 2.20. The fourth-order valence-electron chi connectivity index (χ4n) is 1.10. The summed E-state index contributed by atoms with van der Waals surface area (Å²) in [7, 11) is 0. The van der Waals surface area contributed by atoms with Crippen LogP contribution in [-0.4, -0.2) is 11.7 Å². The van der Waals surface area contributed by atoms with Crippen molar-refractivity contribution in [1.29, 1.82) is 0 Å². The van der Waals surface area contributed by atoms with Gasteiger partial charge in [-0.15, -0.1) is 11.8 Å². The number of hydrogen-bond donors (Lipinski definition) is 1. The third-order valence-corrected chi connectivity index (χ3v) is 3.53. The van der Waals surface area contributed by atoms with Crippen LogP contribution in [0.15, 0.2) is 17.0 Å². The topological polar surface area (TPSA) is 29.1 Å². The van der Waals surface area contributed by atoms with Crippen molar-refractivity contribution in [3.8, 4) is 0 Å². The van der Waals surface area contributed by atoms with E-state index in [-0.39, 0.29) is 5.91 Å². The summed E-state index contributed by atoms with van der Waals surface area (Å²) in [6.45, 7) is 0. The Hall–Kier alpha value is -0.380. The smallest absolute Gasteiger partial charge is 0.234 e. The summed E-state index contributed by atoms with van der Waals surface area (Å²) in [5.74, 6) is 0.356. The van der Waals surface area contributed by atoms with Crippen LogP contribution in [0.5, 0.6) is 0 Å². The summed E-state index contributed by atoms with van der Waals surface area (Å²) in [6.07, 6.45) is 0. The van der Waals surface area contributed by atoms with Gasteiger partial charge in [-0.2, -0.15) is 0 Å². The normalized spacial score (nSPS) is 15.1. The minimum absolute atomic E-state index is 0.0401. The highest BCUT2D eigenvalue weighted by atomic mass is 35.5. The maximum absolute atomic E-state index is 11.1. The van der Waals surface area contributed by atoms with Crippen LogP contribution in [0.3, 0.4) is 0 Å². The van der Waals surface area contributed by atoms with Gasteiger partial charge in [0.1, 0.15) is 0 Å². The van der Waals surface area contributed by atoms with Gasteiger partial charge >= 0.3 is 0 Å². The Kier molecular flexibility index (Phi) is 2.41. The molecule has 0 saturated carbocycles. The van der Waals surface area contributed by atoms with Gasteiger partial charge in [0.05, 0.1) is 26.4 Å². The fraction of sp³-hybridized carbons (Fsp3) is 0.125. The van der Waals surface area contributed by atoms with E-state index in [1.165, 1.54) is 11.8 Å². The molecule has 0 bridgehead atoms. The van der Waals surface area contributed by atoms with Crippen LogP contribution in [0.4, 0.5) is 5.69 Å². The van der Waals surface area contributed by atoms with Crippen molar-refractivity contribution < 1.29 is 4.79 Å². The molecule has 0 unspecified atom stereocenters. The van der Waals surface area contributed by atoms with Gasteiger partial charge in [-0.25, -0.2) is 0 Å². The van der Waals surface area contributed by atoms with Crippen molar-refractivity contribution >= 4 is 46.6 Å². The molecule has 1 heterocycles. The van der Waals surface area contributed by atoms with E-state index in [4.69, 9.17) is 23.2 Å². The van der Waals surface area contributed by atoms with Crippen LogP contribution in [0.1, 0.15) is 0 Å². The molecule has 2 nitrogen and oxygen atoms in total. The number of carbonyl (C=O) groups is 1. The van der Waals surface area contributed by atoms with Crippen LogP contribution >= 0.6 is 35.0 Å². The predicted molar refractivity (Wildman–Crippen MR) is 55.8 cm³/mol. The molecule has 68 valence electrons. The Morgan fingerprint density at radius 1 is 1.31 bits per heavy atom. The number of benzene rings is 1. The molecular weight excluding hydrogens is 229 g/mol. The van der Waals surface area contributed by atoms with Crippen molar-refractivity contribution in [2.75, 3.05) is 11.1 Å². The summed E-state index contributed by atoms with van der Waals surface area (Å²) < 4.78 is 0. The summed E-state index contributed by atoms with van der Waals surface area (Å²) in [5, 5.41) is 3.85. The van der Waals surface area contributed by atoms with Gasteiger partial charge in [-0.05, 0) is 12.1 Å². The molecule has 1 aliphatic rings. The van der Waals surface area contributed by atoms with E-state index in [1.807, 2.05) is 0 Å². The van der Waals surface area contributed by atoms with Gasteiger partial charge in [0.25, 0.3) is 0 Å². The van der Waals surface area contributed by atoms with Gasteiger partial charge in [0.15, 0.2) is 0 Å². The minimum atomic E-state index is -0.0401. The molecule has 5 heteroatoms. The van der Waals surface area contributed by atoms with Crippen molar-refractivity contribution in [2.24, 2.45) is 0 Å². The van der Waals surface area contributed by atoms with E-state index in [0.717, 1.165) is 4.90 Å². The van der Waals surface area contributed by atoms with E-state index < -0.39 is 0 Å². The van der Waals surface area contributed by atoms with Crippen molar-refractivity contribution in [3.63, 3.8) is 0 Å². The Bertz CT molecular complexity index is 381. The third kappa shape index (κ3) is 1.64. The van der Waals surface area contributed by atoms with Crippen molar-refractivity contribution in [3.05, 3.63) is 22.2 Å². The molecule has 0 aliphatic carbocycles. The third-order valence-electron chi connectivity index (χ3n) is 1.67. The first kappa shape index (κ1) is 9.19. The highest BCUT2D eigenvalue weighted by molar-refractivity contribution is 8.00. The van der Waals surface area contributed by atoms with Crippen LogP contribution in [0.25, 0.3) is 0 Å². The number of halogens is 2. The summed E-state index contributed by atoms with van der Waals surface area (Å²) in [4.78, 5) is 11.9. The van der Waals surface area contributed by atoms with E-state index in [1.54, 1.807) is 12.1 Å². The molecule has 1 N–H and O–H groups in total. The van der Waals surface area contributed by atoms with Crippen molar-refractivity contribution in [2.45, 2.75) is 4.90 Å². The number of rotatable bonds is 0. The molecule has 2 rings (SSSR count). The Morgan fingerprint density at radius 3 is 2.77 bits per heavy atom. The number of hydrogen-bond acceptors (Lipinski definition) is 2. The van der Waals surface area contributed by atoms with Gasteiger partial charge in [0, 0.05) is 0 Å². The standard InChI is InChI=1S/C8H5Cl2NOS/c9-4-1-2-5(10)8-7(4)11-6(12)3-13-8/h1-2H,3H2,(H,11,12). The van der Waals surface area contributed by atoms with Gasteiger partial charge in [-0.1, -0.05) is 23.2 Å². The largest absolute Gasteiger partial charge is 0.323 e. The number of thioether (sulfide) groups is 1. The molecule has 0 saturated heterocycles. The molecule has 1 aliphatic heterocycles. The number of nitrogens with one attached hydrogen (secondary N) is 1. The van der Waals surface area contributed by atoms with E-state index >= 15 is 0 Å². The monoisotopic (exact) mass is 233 g/mol. The molecule has 0 atom stereocenters. The molecule has 1 aromatic rings. The Labute approximate surface area is 89.6 Å². The fourth-order valence-corrected chi connectivity index (χ4v) is 2.54. The summed E-state index contributed by atoms with van der Waals surface area (Å²) >= 11 is 13.2. The average molecular weight is 234 g/mol. The quantitative estimate of drug-likeness (QED) is 0.747. The zero-order valence-electron chi connectivity index (χ0n) is 6.43. The van der Waals surface area contributed by atoms with Gasteiger partial charge in [0.2, 0.25) is 5.91 Å². The van der Waals surface area contributed by atoms with E-state index in [0.29, 0.717) is 21.5 Å². The molecular formula is C8H5Cl2NOS. The maximum Gasteiger partial charge on any atom is 0.234 e. The lowest BCUT2D eigenvalue weighted by Crippen LogP contribution is -2.19. The Balaban J connectivity index is 2.57. The lowest BCUT2D eigenvalue weighted by atomic mass is 10.3. The zero-order valence-corrected chi connectivity index (χ0v) is 8.76. The first-order valence-corrected chi connectivity index (χ1v) is 5.33. The first-order chi connectivity index (χ1) is 6.18. The zero-order chi connectivity index (χ0) is 9.42. The molecule has 0 radical (unpaired) electrons. The van der Waals surface area contributed by atoms with Crippen molar-refractivity contribution in [1.82, 2.24) is 0 Å². The second-order valence-corrected chi connectivity index (χ2v) is 4.37. The molecule has 0 fully saturated rings. The SMILES string of the molecule is O=C1CSc2c(Cl)ccc(Cl)c2N1. The van der Waals surface area contributed by atoms with Crippen LogP contribution in [0.2, 0.25) is 10.0 Å². The summed E-state index contributed by atoms with van der Waals surface area (Å²) in [5.41, 5.74) is 0.635. The number of carbonyl (C=O) groups excluding carboxylic acids is 1. The number of fused-ring (bicyclic) bond motifs is 1. The average Bonchev–Trinajstić information content (AvgIpc) is 2.12. The molecule has 1 aromatic carbocycles. The Morgan fingerprint density at radius 2 is 2.00 bits per heavy atom. The molecule has 0 aromatic heterocycles. The van der Waals surface area contributed by atoms with Gasteiger partial charge < -0.3 is 5.32 Å². The second kappa shape index (κ2) is 3.40. The molecule has 13 heavy (non-hydrogen) atoms. The van der Waals surface area contributed by atoms with Crippen LogP contribution in [0, 0.1) is 0 Å². The van der Waals surface area contributed by atoms with Crippen LogP contribution < -0.4 is 5.32 Å². The lowest BCUT2D eigenvalue weighted by Gasteiger charge is -2.18. The minimum Gasteiger partial charge on any atom is -0.323 e. The van der Waals surface area contributed by atoms with E-state index in [9.17, 15) is 4.79 Å². The predicted octanol–water partition coefficient (Wildman–Crippen LogP) is 3.04. The highest BCUT2D eigenvalue weighted by Crippen LogP contribution is 2.41. The molecule has 0 spiro atoms. The van der Waals surface area contributed by atoms with E-state index in [2.05, 4.69) is 5.32 Å². The lowest BCUT2D eigenvalue weighted by molar-refractivity contribution is -0.113. The number of anilines is 1. The van der Waals surface area contributed by atoms with Gasteiger partial charge in [-0.3, -0.25) is 4.79 Å². The number of amides is 1. The maximum atomic E-state index is 11.1.